The van der Waals surface area contributed by atoms with Crippen molar-refractivity contribution in [2.75, 3.05) is 33.3 Å². The zero-order chi connectivity index (χ0) is 18.1. The summed E-state index contributed by atoms with van der Waals surface area (Å²) in [5, 5.41) is 3.68. The zero-order valence-corrected chi connectivity index (χ0v) is 15.5. The number of rotatable bonds is 9. The van der Waals surface area contributed by atoms with E-state index in [1.54, 1.807) is 12.1 Å². The van der Waals surface area contributed by atoms with Crippen molar-refractivity contribution in [1.82, 2.24) is 10.2 Å². The molecule has 0 aliphatic heterocycles. The minimum atomic E-state index is 0.0248. The summed E-state index contributed by atoms with van der Waals surface area (Å²) in [5.41, 5.74) is 1.23. The highest BCUT2D eigenvalue weighted by atomic mass is 35.5. The fourth-order valence-corrected chi connectivity index (χ4v) is 2.52. The van der Waals surface area contributed by atoms with E-state index >= 15 is 0 Å². The van der Waals surface area contributed by atoms with Crippen molar-refractivity contribution in [2.24, 2.45) is 0 Å². The fraction of sp³-hybridized carbons (Fsp3) is 0.350. The molecule has 0 bridgehead atoms. The molecule has 2 aromatic carbocycles. The van der Waals surface area contributed by atoms with E-state index in [0.29, 0.717) is 37.2 Å². The van der Waals surface area contributed by atoms with Crippen molar-refractivity contribution < 1.29 is 9.53 Å². The molecular formula is C20H25ClN2O2. The smallest absolute Gasteiger partial charge is 0.234 e. The third-order valence-electron chi connectivity index (χ3n) is 3.94. The Morgan fingerprint density at radius 3 is 2.52 bits per heavy atom. The van der Waals surface area contributed by atoms with Crippen LogP contribution in [-0.2, 0) is 4.79 Å². The van der Waals surface area contributed by atoms with E-state index in [9.17, 15) is 4.79 Å². The Bertz CT molecular complexity index is 647. The number of nitrogens with one attached hydrogen (secondary N) is 1. The standard InChI is InChI=1S/C20H25ClN2O2/c1-16(17-6-4-3-5-7-17)14-22-20(24)15-23(2)12-13-25-19-10-8-18(21)9-11-19/h3-11,16H,12-15H2,1-2H3,(H,22,24)/t16-/m0/s1. The van der Waals surface area contributed by atoms with Crippen LogP contribution < -0.4 is 10.1 Å². The largest absolute Gasteiger partial charge is 0.492 e. The quantitative estimate of drug-likeness (QED) is 0.743. The molecule has 0 fully saturated rings. The number of benzene rings is 2. The van der Waals surface area contributed by atoms with E-state index in [0.717, 1.165) is 5.75 Å². The van der Waals surface area contributed by atoms with Crippen LogP contribution in [0.2, 0.25) is 5.02 Å². The van der Waals surface area contributed by atoms with E-state index in [1.807, 2.05) is 42.3 Å². The van der Waals surface area contributed by atoms with Gasteiger partial charge in [0.25, 0.3) is 0 Å². The molecule has 25 heavy (non-hydrogen) atoms. The topological polar surface area (TPSA) is 41.6 Å². The molecule has 1 N–H and O–H groups in total. The number of hydrogen-bond donors (Lipinski definition) is 1. The van der Waals surface area contributed by atoms with Gasteiger partial charge in [0.2, 0.25) is 5.91 Å². The van der Waals surface area contributed by atoms with Crippen molar-refractivity contribution >= 4 is 17.5 Å². The van der Waals surface area contributed by atoms with Gasteiger partial charge in [0.1, 0.15) is 12.4 Å². The molecule has 0 aromatic heterocycles. The number of likely N-dealkylation sites (N-methyl/N-ethyl adjacent to an activating group) is 1. The Morgan fingerprint density at radius 2 is 1.84 bits per heavy atom. The highest BCUT2D eigenvalue weighted by Gasteiger charge is 2.09. The number of nitrogens with zero attached hydrogens (tertiary/aromatic N) is 1. The monoisotopic (exact) mass is 360 g/mol. The molecule has 0 spiro atoms. The number of carbonyl (C=O) groups excluding carboxylic acids is 1. The first-order valence-electron chi connectivity index (χ1n) is 8.43. The highest BCUT2D eigenvalue weighted by Crippen LogP contribution is 2.15. The van der Waals surface area contributed by atoms with Crippen LogP contribution in [0.25, 0.3) is 0 Å². The molecule has 0 saturated carbocycles. The van der Waals surface area contributed by atoms with Crippen LogP contribution >= 0.6 is 11.6 Å². The van der Waals surface area contributed by atoms with Crippen LogP contribution in [-0.4, -0.2) is 44.1 Å². The van der Waals surface area contributed by atoms with Gasteiger partial charge in [0.15, 0.2) is 0 Å². The molecule has 0 heterocycles. The maximum atomic E-state index is 12.1. The summed E-state index contributed by atoms with van der Waals surface area (Å²) in [5.74, 6) is 1.10. The van der Waals surface area contributed by atoms with Crippen LogP contribution in [0, 0.1) is 0 Å². The highest BCUT2D eigenvalue weighted by molar-refractivity contribution is 6.30. The molecule has 0 unspecified atom stereocenters. The lowest BCUT2D eigenvalue weighted by Crippen LogP contribution is -2.38. The van der Waals surface area contributed by atoms with Crippen molar-refractivity contribution in [3.63, 3.8) is 0 Å². The maximum Gasteiger partial charge on any atom is 0.234 e. The second-order valence-corrected chi connectivity index (χ2v) is 6.59. The molecule has 0 aliphatic rings. The molecular weight excluding hydrogens is 336 g/mol. The van der Waals surface area contributed by atoms with Crippen molar-refractivity contribution in [2.45, 2.75) is 12.8 Å². The van der Waals surface area contributed by atoms with Crippen LogP contribution in [0.5, 0.6) is 5.75 Å². The first-order valence-corrected chi connectivity index (χ1v) is 8.81. The van der Waals surface area contributed by atoms with Crippen LogP contribution in [0.1, 0.15) is 18.4 Å². The van der Waals surface area contributed by atoms with Gasteiger partial charge in [-0.1, -0.05) is 48.9 Å². The molecule has 134 valence electrons. The van der Waals surface area contributed by atoms with Crippen molar-refractivity contribution in [3.8, 4) is 5.75 Å². The lowest BCUT2D eigenvalue weighted by atomic mass is 10.0. The average molecular weight is 361 g/mol. The Balaban J connectivity index is 1.63. The number of carbonyl (C=O) groups is 1. The van der Waals surface area contributed by atoms with Crippen LogP contribution in [0.3, 0.4) is 0 Å². The lowest BCUT2D eigenvalue weighted by molar-refractivity contribution is -0.122. The van der Waals surface area contributed by atoms with E-state index in [1.165, 1.54) is 5.56 Å². The number of halogens is 1. The van der Waals surface area contributed by atoms with E-state index in [2.05, 4.69) is 24.4 Å². The van der Waals surface area contributed by atoms with Gasteiger partial charge in [-0.25, -0.2) is 0 Å². The third-order valence-corrected chi connectivity index (χ3v) is 4.19. The normalized spacial score (nSPS) is 12.0. The average Bonchev–Trinajstić information content (AvgIpc) is 2.62. The first kappa shape index (κ1) is 19.3. The van der Waals surface area contributed by atoms with E-state index < -0.39 is 0 Å². The van der Waals surface area contributed by atoms with E-state index in [4.69, 9.17) is 16.3 Å². The van der Waals surface area contributed by atoms with Gasteiger partial charge >= 0.3 is 0 Å². The number of hydrogen-bond acceptors (Lipinski definition) is 3. The fourth-order valence-electron chi connectivity index (χ4n) is 2.40. The summed E-state index contributed by atoms with van der Waals surface area (Å²) >= 11 is 5.84. The summed E-state index contributed by atoms with van der Waals surface area (Å²) in [6, 6.07) is 17.4. The summed E-state index contributed by atoms with van der Waals surface area (Å²) in [4.78, 5) is 14.0. The van der Waals surface area contributed by atoms with Crippen molar-refractivity contribution in [3.05, 3.63) is 65.2 Å². The number of ether oxygens (including phenoxy) is 1. The predicted octanol–water partition coefficient (Wildman–Crippen LogP) is 3.57. The summed E-state index contributed by atoms with van der Waals surface area (Å²) in [6.07, 6.45) is 0. The summed E-state index contributed by atoms with van der Waals surface area (Å²) < 4.78 is 5.64. The lowest BCUT2D eigenvalue weighted by Gasteiger charge is -2.18. The van der Waals surface area contributed by atoms with Gasteiger partial charge in [-0.15, -0.1) is 0 Å². The molecule has 0 radical (unpaired) electrons. The van der Waals surface area contributed by atoms with Crippen LogP contribution in [0.4, 0.5) is 0 Å². The molecule has 0 aliphatic carbocycles. The van der Waals surface area contributed by atoms with Gasteiger partial charge in [-0.2, -0.15) is 0 Å². The van der Waals surface area contributed by atoms with Crippen molar-refractivity contribution in [1.29, 1.82) is 0 Å². The molecule has 0 saturated heterocycles. The molecule has 1 atom stereocenters. The molecule has 1 amide bonds. The second kappa shape index (κ2) is 10.1. The minimum Gasteiger partial charge on any atom is -0.492 e. The molecule has 2 rings (SSSR count). The molecule has 2 aromatic rings. The zero-order valence-electron chi connectivity index (χ0n) is 14.7. The Hall–Kier alpha value is -2.04. The number of amides is 1. The van der Waals surface area contributed by atoms with Gasteiger partial charge in [-0.05, 0) is 42.8 Å². The van der Waals surface area contributed by atoms with Crippen LogP contribution in [0.15, 0.2) is 54.6 Å². The van der Waals surface area contributed by atoms with Gasteiger partial charge in [0.05, 0.1) is 6.54 Å². The second-order valence-electron chi connectivity index (χ2n) is 6.16. The third kappa shape index (κ3) is 7.16. The summed E-state index contributed by atoms with van der Waals surface area (Å²) in [6.45, 7) is 4.29. The SMILES string of the molecule is C[C@@H](CNC(=O)CN(C)CCOc1ccc(Cl)cc1)c1ccccc1. The Morgan fingerprint density at radius 1 is 1.16 bits per heavy atom. The maximum absolute atomic E-state index is 12.1. The first-order chi connectivity index (χ1) is 12.0. The minimum absolute atomic E-state index is 0.0248. The van der Waals surface area contributed by atoms with E-state index in [-0.39, 0.29) is 5.91 Å². The molecule has 5 heteroatoms. The Kier molecular flexibility index (Phi) is 7.76. The Labute approximate surface area is 154 Å². The van der Waals surface area contributed by atoms with Gasteiger partial charge in [0, 0.05) is 18.1 Å². The molecule has 4 nitrogen and oxygen atoms in total. The van der Waals surface area contributed by atoms with Gasteiger partial charge < -0.3 is 10.1 Å². The van der Waals surface area contributed by atoms with Gasteiger partial charge in [-0.3, -0.25) is 9.69 Å². The predicted molar refractivity (Wildman–Crippen MR) is 102 cm³/mol. The summed E-state index contributed by atoms with van der Waals surface area (Å²) in [7, 11) is 1.91.